The van der Waals surface area contributed by atoms with Gasteiger partial charge in [0.05, 0.1) is 11.6 Å². The molecule has 0 heterocycles. The van der Waals surface area contributed by atoms with Gasteiger partial charge in [0.15, 0.2) is 0 Å². The minimum absolute atomic E-state index is 0.442. The summed E-state index contributed by atoms with van der Waals surface area (Å²) in [5, 5.41) is 9.40. The standard InChI is InChI=1S/C26H18BrN/c27-26(22-10-3-1-4-11-22,23-12-5-2-6-13-23)24-17-15-20(16-18-24)25-14-8-7-9-21(25)19-28/h1-18H. The second kappa shape index (κ2) is 7.84. The summed E-state index contributed by atoms with van der Waals surface area (Å²) in [7, 11) is 0. The van der Waals surface area contributed by atoms with E-state index in [0.29, 0.717) is 5.56 Å². The largest absolute Gasteiger partial charge is 0.192 e. The third-order valence-electron chi connectivity index (χ3n) is 4.98. The average Bonchev–Trinajstić information content (AvgIpc) is 2.80. The minimum atomic E-state index is -0.442. The van der Waals surface area contributed by atoms with Gasteiger partial charge in [-0.15, -0.1) is 0 Å². The molecule has 4 aromatic carbocycles. The summed E-state index contributed by atoms with van der Waals surface area (Å²) >= 11 is 4.07. The zero-order valence-corrected chi connectivity index (χ0v) is 16.8. The first kappa shape index (κ1) is 18.2. The normalized spacial score (nSPS) is 11.0. The Bertz CT molecular complexity index is 1070. The summed E-state index contributed by atoms with van der Waals surface area (Å²) in [6.07, 6.45) is 0. The maximum absolute atomic E-state index is 9.40. The molecule has 0 aliphatic carbocycles. The molecule has 0 saturated heterocycles. The molecule has 0 N–H and O–H groups in total. The van der Waals surface area contributed by atoms with Crippen LogP contribution in [0.1, 0.15) is 22.3 Å². The first-order chi connectivity index (χ1) is 13.7. The molecule has 0 aliphatic rings. The first-order valence-electron chi connectivity index (χ1n) is 9.13. The molecule has 0 aliphatic heterocycles. The van der Waals surface area contributed by atoms with Crippen LogP contribution in [0.15, 0.2) is 109 Å². The lowest BCUT2D eigenvalue weighted by molar-refractivity contribution is 0.917. The van der Waals surface area contributed by atoms with Crippen molar-refractivity contribution < 1.29 is 0 Å². The number of benzene rings is 4. The van der Waals surface area contributed by atoms with Crippen LogP contribution in [-0.4, -0.2) is 0 Å². The molecule has 2 heteroatoms. The Morgan fingerprint density at radius 3 is 1.57 bits per heavy atom. The van der Waals surface area contributed by atoms with E-state index >= 15 is 0 Å². The van der Waals surface area contributed by atoms with Crippen LogP contribution >= 0.6 is 15.9 Å². The van der Waals surface area contributed by atoms with Gasteiger partial charge in [-0.3, -0.25) is 0 Å². The van der Waals surface area contributed by atoms with Gasteiger partial charge >= 0.3 is 0 Å². The van der Waals surface area contributed by atoms with Crippen molar-refractivity contribution in [2.45, 2.75) is 4.32 Å². The van der Waals surface area contributed by atoms with Gasteiger partial charge in [0.25, 0.3) is 0 Å². The number of nitriles is 1. The molecule has 0 bridgehead atoms. The van der Waals surface area contributed by atoms with Gasteiger partial charge in [0, 0.05) is 0 Å². The van der Waals surface area contributed by atoms with Crippen molar-refractivity contribution >= 4 is 15.9 Å². The molecule has 0 aromatic heterocycles. The lowest BCUT2D eigenvalue weighted by atomic mass is 9.84. The van der Waals surface area contributed by atoms with Crippen LogP contribution in [0.2, 0.25) is 0 Å². The van der Waals surface area contributed by atoms with Gasteiger partial charge in [-0.2, -0.15) is 5.26 Å². The fourth-order valence-electron chi connectivity index (χ4n) is 3.55. The van der Waals surface area contributed by atoms with E-state index in [1.54, 1.807) is 0 Å². The minimum Gasteiger partial charge on any atom is -0.192 e. The molecule has 134 valence electrons. The van der Waals surface area contributed by atoms with Gasteiger partial charge < -0.3 is 0 Å². The highest BCUT2D eigenvalue weighted by molar-refractivity contribution is 9.10. The third kappa shape index (κ3) is 3.26. The summed E-state index contributed by atoms with van der Waals surface area (Å²) in [5.74, 6) is 0. The van der Waals surface area contributed by atoms with Crippen LogP contribution in [-0.2, 0) is 4.32 Å². The second-order valence-corrected chi connectivity index (χ2v) is 7.81. The Labute approximate surface area is 174 Å². The number of alkyl halides is 1. The average molecular weight is 424 g/mol. The fraction of sp³-hybridized carbons (Fsp3) is 0.0385. The number of rotatable bonds is 4. The number of hydrogen-bond acceptors (Lipinski definition) is 1. The van der Waals surface area contributed by atoms with Gasteiger partial charge in [-0.1, -0.05) is 119 Å². The molecule has 28 heavy (non-hydrogen) atoms. The van der Waals surface area contributed by atoms with E-state index in [2.05, 4.69) is 94.8 Å². The number of halogens is 1. The molecule has 0 fully saturated rings. The van der Waals surface area contributed by atoms with Crippen molar-refractivity contribution in [2.75, 3.05) is 0 Å². The van der Waals surface area contributed by atoms with Crippen molar-refractivity contribution in [3.8, 4) is 17.2 Å². The van der Waals surface area contributed by atoms with E-state index in [1.807, 2.05) is 36.4 Å². The molecule has 0 spiro atoms. The van der Waals surface area contributed by atoms with Crippen molar-refractivity contribution in [2.24, 2.45) is 0 Å². The Morgan fingerprint density at radius 1 is 0.571 bits per heavy atom. The van der Waals surface area contributed by atoms with Crippen LogP contribution in [0.4, 0.5) is 0 Å². The maximum Gasteiger partial charge on any atom is 0.100 e. The highest BCUT2D eigenvalue weighted by atomic mass is 79.9. The van der Waals surface area contributed by atoms with Crippen molar-refractivity contribution in [1.82, 2.24) is 0 Å². The van der Waals surface area contributed by atoms with E-state index in [-0.39, 0.29) is 0 Å². The van der Waals surface area contributed by atoms with E-state index in [0.717, 1.165) is 16.7 Å². The van der Waals surface area contributed by atoms with Gasteiger partial charge in [-0.05, 0) is 33.9 Å². The predicted molar refractivity (Wildman–Crippen MR) is 118 cm³/mol. The zero-order chi connectivity index (χ0) is 19.4. The molecular weight excluding hydrogens is 406 g/mol. The molecule has 0 atom stereocenters. The van der Waals surface area contributed by atoms with Crippen LogP contribution in [0.5, 0.6) is 0 Å². The van der Waals surface area contributed by atoms with Gasteiger partial charge in [0.2, 0.25) is 0 Å². The van der Waals surface area contributed by atoms with Crippen LogP contribution in [0, 0.1) is 11.3 Å². The number of nitrogens with zero attached hydrogens (tertiary/aromatic N) is 1. The highest BCUT2D eigenvalue weighted by Crippen LogP contribution is 2.45. The molecular formula is C26H18BrN. The summed E-state index contributed by atoms with van der Waals surface area (Å²) in [6.45, 7) is 0. The fourth-order valence-corrected chi connectivity index (χ4v) is 4.34. The van der Waals surface area contributed by atoms with Crippen LogP contribution in [0.25, 0.3) is 11.1 Å². The highest BCUT2D eigenvalue weighted by Gasteiger charge is 2.33. The SMILES string of the molecule is N#Cc1ccccc1-c1ccc(C(Br)(c2ccccc2)c2ccccc2)cc1. The second-order valence-electron chi connectivity index (χ2n) is 6.63. The Hall–Kier alpha value is -3.15. The van der Waals surface area contributed by atoms with E-state index in [4.69, 9.17) is 0 Å². The molecule has 4 aromatic rings. The molecule has 0 unspecified atom stereocenters. The Balaban J connectivity index is 1.84. The quantitative estimate of drug-likeness (QED) is 0.258. The Kier molecular flexibility index (Phi) is 5.10. The van der Waals surface area contributed by atoms with Crippen molar-refractivity contribution in [1.29, 1.82) is 5.26 Å². The third-order valence-corrected chi connectivity index (χ3v) is 6.36. The molecule has 0 amide bonds. The van der Waals surface area contributed by atoms with Gasteiger partial charge in [0.1, 0.15) is 4.32 Å². The van der Waals surface area contributed by atoms with E-state index in [9.17, 15) is 5.26 Å². The lowest BCUT2D eigenvalue weighted by Crippen LogP contribution is -2.21. The van der Waals surface area contributed by atoms with E-state index in [1.165, 1.54) is 11.1 Å². The molecule has 1 nitrogen and oxygen atoms in total. The molecule has 4 rings (SSSR count). The lowest BCUT2D eigenvalue weighted by Gasteiger charge is -2.30. The topological polar surface area (TPSA) is 23.8 Å². The summed E-state index contributed by atoms with van der Waals surface area (Å²) in [4.78, 5) is 0. The maximum atomic E-state index is 9.40. The summed E-state index contributed by atoms with van der Waals surface area (Å²) in [5.41, 5.74) is 6.17. The zero-order valence-electron chi connectivity index (χ0n) is 15.2. The summed E-state index contributed by atoms with van der Waals surface area (Å²) in [6, 6.07) is 39.3. The van der Waals surface area contributed by atoms with Gasteiger partial charge in [-0.25, -0.2) is 0 Å². The molecule has 0 saturated carbocycles. The molecule has 0 radical (unpaired) electrons. The Morgan fingerprint density at radius 2 is 1.04 bits per heavy atom. The van der Waals surface area contributed by atoms with E-state index < -0.39 is 4.32 Å². The predicted octanol–water partition coefficient (Wildman–Crippen LogP) is 6.91. The summed E-state index contributed by atoms with van der Waals surface area (Å²) < 4.78 is -0.442. The monoisotopic (exact) mass is 423 g/mol. The first-order valence-corrected chi connectivity index (χ1v) is 9.93. The van der Waals surface area contributed by atoms with Crippen molar-refractivity contribution in [3.05, 3.63) is 131 Å². The van der Waals surface area contributed by atoms with Crippen LogP contribution in [0.3, 0.4) is 0 Å². The van der Waals surface area contributed by atoms with Crippen molar-refractivity contribution in [3.63, 3.8) is 0 Å². The number of hydrogen-bond donors (Lipinski definition) is 0. The van der Waals surface area contributed by atoms with Crippen LogP contribution < -0.4 is 0 Å². The smallest absolute Gasteiger partial charge is 0.100 e.